The van der Waals surface area contributed by atoms with Crippen LogP contribution < -0.4 is 10.9 Å². The van der Waals surface area contributed by atoms with E-state index < -0.39 is 23.3 Å². The number of carbonyl (C=O) groups is 2. The molecule has 126 valence electrons. The lowest BCUT2D eigenvalue weighted by atomic mass is 10.1. The number of hydrogen-bond donors (Lipinski definition) is 2. The number of nitrogens with one attached hydrogen (secondary N) is 1. The third-order valence-electron chi connectivity index (χ3n) is 3.43. The van der Waals surface area contributed by atoms with Gasteiger partial charge in [0.05, 0.1) is 0 Å². The van der Waals surface area contributed by atoms with Crippen LogP contribution >= 0.6 is 0 Å². The van der Waals surface area contributed by atoms with Crippen LogP contribution in [0.15, 0.2) is 63.8 Å². The molecule has 0 unspecified atom stereocenters. The van der Waals surface area contributed by atoms with Crippen LogP contribution in [-0.2, 0) is 11.3 Å². The Morgan fingerprint density at radius 1 is 1.08 bits per heavy atom. The van der Waals surface area contributed by atoms with E-state index in [2.05, 4.69) is 5.32 Å². The van der Waals surface area contributed by atoms with Gasteiger partial charge in [-0.05, 0) is 23.8 Å². The summed E-state index contributed by atoms with van der Waals surface area (Å²) >= 11 is 0. The van der Waals surface area contributed by atoms with Crippen molar-refractivity contribution in [3.63, 3.8) is 0 Å². The van der Waals surface area contributed by atoms with E-state index in [4.69, 9.17) is 14.3 Å². The van der Waals surface area contributed by atoms with Gasteiger partial charge in [0.25, 0.3) is 0 Å². The van der Waals surface area contributed by atoms with Crippen molar-refractivity contribution in [2.24, 2.45) is 0 Å². The number of hydrogen-bond acceptors (Lipinski definition) is 5. The molecule has 7 heteroatoms. The van der Waals surface area contributed by atoms with E-state index in [0.717, 1.165) is 5.56 Å². The highest BCUT2D eigenvalue weighted by molar-refractivity contribution is 5.93. The van der Waals surface area contributed by atoms with Crippen LogP contribution in [0.3, 0.4) is 0 Å². The topological polar surface area (TPSA) is 106 Å². The third kappa shape index (κ3) is 3.84. The minimum atomic E-state index is -1.36. The second-order valence-electron chi connectivity index (χ2n) is 5.19. The molecule has 7 nitrogen and oxygen atoms in total. The number of benzene rings is 2. The molecule has 0 aliphatic carbocycles. The highest BCUT2D eigenvalue weighted by Gasteiger charge is 2.13. The summed E-state index contributed by atoms with van der Waals surface area (Å²) in [6.45, 7) is 0.122. The molecule has 1 aromatic heterocycles. The number of aromatic carboxylic acids is 1. The first-order valence-corrected chi connectivity index (χ1v) is 7.32. The zero-order valence-corrected chi connectivity index (χ0v) is 12.9. The number of rotatable bonds is 4. The van der Waals surface area contributed by atoms with Crippen molar-refractivity contribution >= 4 is 28.7 Å². The van der Waals surface area contributed by atoms with Crippen molar-refractivity contribution in [2.45, 2.75) is 6.61 Å². The maximum atomic E-state index is 11.8. The van der Waals surface area contributed by atoms with Crippen molar-refractivity contribution in [1.82, 2.24) is 0 Å². The minimum Gasteiger partial charge on any atom is -0.477 e. The van der Waals surface area contributed by atoms with Gasteiger partial charge in [0.1, 0.15) is 17.8 Å². The molecule has 2 N–H and O–H groups in total. The maximum absolute atomic E-state index is 11.8. The Bertz CT molecular complexity index is 993. The molecule has 0 saturated heterocycles. The fraction of sp³-hybridized carbons (Fsp3) is 0.0556. The van der Waals surface area contributed by atoms with E-state index >= 15 is 0 Å². The predicted molar refractivity (Wildman–Crippen MR) is 89.7 cm³/mol. The average Bonchev–Trinajstić information content (AvgIpc) is 2.60. The van der Waals surface area contributed by atoms with Gasteiger partial charge in [-0.25, -0.2) is 14.4 Å². The summed E-state index contributed by atoms with van der Waals surface area (Å²) in [4.78, 5) is 34.4. The zero-order chi connectivity index (χ0) is 17.8. The standard InChI is InChI=1S/C18H13NO6/c20-16(21)14-8-12-6-7-13(9-15(12)25-17(14)22)19-18(23)24-10-11-4-2-1-3-5-11/h1-9H,10H2,(H,19,23)(H,20,21). The van der Waals surface area contributed by atoms with Crippen LogP contribution in [0.25, 0.3) is 11.0 Å². The summed E-state index contributed by atoms with van der Waals surface area (Å²) < 4.78 is 10.1. The molecule has 25 heavy (non-hydrogen) atoms. The van der Waals surface area contributed by atoms with Crippen LogP contribution in [-0.4, -0.2) is 17.2 Å². The molecule has 0 aliphatic heterocycles. The molecule has 0 bridgehead atoms. The molecule has 0 spiro atoms. The Balaban J connectivity index is 1.73. The highest BCUT2D eigenvalue weighted by Crippen LogP contribution is 2.19. The van der Waals surface area contributed by atoms with Crippen LogP contribution in [0, 0.1) is 0 Å². The van der Waals surface area contributed by atoms with Crippen LogP contribution in [0.5, 0.6) is 0 Å². The summed E-state index contributed by atoms with van der Waals surface area (Å²) in [6, 6.07) is 14.9. The van der Waals surface area contributed by atoms with Gasteiger partial charge in [-0.2, -0.15) is 0 Å². The molecule has 1 heterocycles. The zero-order valence-electron chi connectivity index (χ0n) is 12.9. The summed E-state index contributed by atoms with van der Waals surface area (Å²) in [5, 5.41) is 11.9. The lowest BCUT2D eigenvalue weighted by Gasteiger charge is -2.08. The van der Waals surface area contributed by atoms with Crippen molar-refractivity contribution in [1.29, 1.82) is 0 Å². The first kappa shape index (κ1) is 16.3. The van der Waals surface area contributed by atoms with Gasteiger partial charge in [-0.3, -0.25) is 5.32 Å². The van der Waals surface area contributed by atoms with E-state index in [9.17, 15) is 14.4 Å². The second kappa shape index (κ2) is 6.88. The molecule has 2 aromatic carbocycles. The number of fused-ring (bicyclic) bond motifs is 1. The van der Waals surface area contributed by atoms with Gasteiger partial charge in [0, 0.05) is 17.1 Å². The number of amides is 1. The second-order valence-corrected chi connectivity index (χ2v) is 5.19. The number of carboxylic acid groups (broad SMARTS) is 1. The predicted octanol–water partition coefficient (Wildman–Crippen LogP) is 3.24. The molecule has 3 aromatic rings. The normalized spacial score (nSPS) is 10.4. The Kier molecular flexibility index (Phi) is 4.47. The van der Waals surface area contributed by atoms with Gasteiger partial charge in [0.15, 0.2) is 0 Å². The SMILES string of the molecule is O=C(Nc1ccc2cc(C(=O)O)c(=O)oc2c1)OCc1ccccc1. The van der Waals surface area contributed by atoms with Gasteiger partial charge in [-0.1, -0.05) is 30.3 Å². The molecular formula is C18H13NO6. The summed E-state index contributed by atoms with van der Waals surface area (Å²) in [5.74, 6) is -1.36. The first-order valence-electron chi connectivity index (χ1n) is 7.32. The first-order chi connectivity index (χ1) is 12.0. The van der Waals surface area contributed by atoms with Crippen molar-refractivity contribution in [3.05, 3.63) is 76.1 Å². The smallest absolute Gasteiger partial charge is 0.411 e. The summed E-state index contributed by atoms with van der Waals surface area (Å²) in [6.07, 6.45) is -0.660. The lowest BCUT2D eigenvalue weighted by molar-refractivity contribution is 0.0692. The van der Waals surface area contributed by atoms with E-state index in [-0.39, 0.29) is 12.2 Å². The molecule has 1 amide bonds. The lowest BCUT2D eigenvalue weighted by Crippen LogP contribution is -2.14. The van der Waals surface area contributed by atoms with Crippen molar-refractivity contribution in [3.8, 4) is 0 Å². The summed E-state index contributed by atoms with van der Waals surface area (Å²) in [5.41, 5.74) is -0.0321. The van der Waals surface area contributed by atoms with Gasteiger partial charge < -0.3 is 14.3 Å². The van der Waals surface area contributed by atoms with E-state index in [0.29, 0.717) is 11.1 Å². The quantitative estimate of drug-likeness (QED) is 0.707. The molecule has 3 rings (SSSR count). The molecular weight excluding hydrogens is 326 g/mol. The van der Waals surface area contributed by atoms with Gasteiger partial charge in [-0.15, -0.1) is 0 Å². The maximum Gasteiger partial charge on any atom is 0.411 e. The monoisotopic (exact) mass is 339 g/mol. The summed E-state index contributed by atoms with van der Waals surface area (Å²) in [7, 11) is 0. The van der Waals surface area contributed by atoms with E-state index in [1.807, 2.05) is 30.3 Å². The van der Waals surface area contributed by atoms with Crippen molar-refractivity contribution < 1.29 is 23.8 Å². The minimum absolute atomic E-state index is 0.122. The fourth-order valence-corrected chi connectivity index (χ4v) is 2.22. The Morgan fingerprint density at radius 3 is 2.56 bits per heavy atom. The van der Waals surface area contributed by atoms with E-state index in [1.54, 1.807) is 6.07 Å². The molecule has 0 radical (unpaired) electrons. The molecule has 0 aliphatic rings. The van der Waals surface area contributed by atoms with Crippen molar-refractivity contribution in [2.75, 3.05) is 5.32 Å². The number of carbonyl (C=O) groups excluding carboxylic acids is 1. The van der Waals surface area contributed by atoms with E-state index in [1.165, 1.54) is 18.2 Å². The van der Waals surface area contributed by atoms with Crippen LogP contribution in [0.4, 0.5) is 10.5 Å². The van der Waals surface area contributed by atoms with Gasteiger partial charge in [0.2, 0.25) is 0 Å². The average molecular weight is 339 g/mol. The number of carboxylic acids is 1. The molecule has 0 fully saturated rings. The fourth-order valence-electron chi connectivity index (χ4n) is 2.22. The Morgan fingerprint density at radius 2 is 1.84 bits per heavy atom. The van der Waals surface area contributed by atoms with Crippen LogP contribution in [0.1, 0.15) is 15.9 Å². The Labute approximate surface area is 141 Å². The molecule has 0 atom stereocenters. The third-order valence-corrected chi connectivity index (χ3v) is 3.43. The Hall–Kier alpha value is -3.61. The number of anilines is 1. The highest BCUT2D eigenvalue weighted by atomic mass is 16.5. The largest absolute Gasteiger partial charge is 0.477 e. The van der Waals surface area contributed by atoms with Crippen LogP contribution in [0.2, 0.25) is 0 Å². The number of ether oxygens (including phenoxy) is 1. The molecule has 0 saturated carbocycles. The van der Waals surface area contributed by atoms with Gasteiger partial charge >= 0.3 is 17.7 Å².